The van der Waals surface area contributed by atoms with Crippen molar-refractivity contribution >= 4 is 40.9 Å². The second-order valence-electron chi connectivity index (χ2n) is 11.3. The first-order valence-corrected chi connectivity index (χ1v) is 14.6. The lowest BCUT2D eigenvalue weighted by molar-refractivity contribution is -0.124. The quantitative estimate of drug-likeness (QED) is 0.275. The predicted molar refractivity (Wildman–Crippen MR) is 160 cm³/mol. The molecule has 3 aromatic rings. The highest BCUT2D eigenvalue weighted by molar-refractivity contribution is 8.02. The van der Waals surface area contributed by atoms with Crippen LogP contribution in [0, 0.1) is 0 Å². The van der Waals surface area contributed by atoms with Gasteiger partial charge in [0.2, 0.25) is 16.5 Å². The predicted octanol–water partition coefficient (Wildman–Crippen LogP) is 5.50. The van der Waals surface area contributed by atoms with Crippen molar-refractivity contribution in [2.75, 3.05) is 36.9 Å². The standard InChI is InChI=1S/C32H32N2O7S/c1-18-16-31(2,3)34-27-22(18)14-21(41-29(36)19-12-24(38-4)28(40-6)25(13-19)39-5)15-23(27)32(30(34)37)33(26(35)17-42-32)20-10-8-7-9-11-20/h7-15,18H,16-17H2,1-6H3/t18-,32+/m1/s1. The van der Waals surface area contributed by atoms with Crippen molar-refractivity contribution in [1.29, 1.82) is 0 Å². The number of amides is 2. The Kier molecular flexibility index (Phi) is 6.64. The number of fused-ring (bicyclic) bond motifs is 1. The zero-order valence-electron chi connectivity index (χ0n) is 24.3. The van der Waals surface area contributed by atoms with Crippen LogP contribution >= 0.6 is 11.8 Å². The summed E-state index contributed by atoms with van der Waals surface area (Å²) in [5.74, 6) is 0.564. The number of esters is 1. The number of carbonyl (C=O) groups is 3. The lowest BCUT2D eigenvalue weighted by atomic mass is 9.80. The number of hydrogen-bond acceptors (Lipinski definition) is 8. The third-order valence-corrected chi connectivity index (χ3v) is 9.62. The Morgan fingerprint density at radius 2 is 1.60 bits per heavy atom. The van der Waals surface area contributed by atoms with Crippen LogP contribution in [-0.4, -0.2) is 50.4 Å². The number of methoxy groups -OCH3 is 3. The Hall–Kier alpha value is -4.18. The minimum atomic E-state index is -1.32. The largest absolute Gasteiger partial charge is 0.493 e. The molecule has 1 saturated heterocycles. The first kappa shape index (κ1) is 28.0. The van der Waals surface area contributed by atoms with Gasteiger partial charge in [-0.1, -0.05) is 25.1 Å². The number of para-hydroxylation sites is 1. The van der Waals surface area contributed by atoms with E-state index in [0.717, 1.165) is 11.3 Å². The van der Waals surface area contributed by atoms with E-state index in [0.29, 0.717) is 34.9 Å². The van der Waals surface area contributed by atoms with Crippen LogP contribution in [0.15, 0.2) is 54.6 Å². The monoisotopic (exact) mass is 588 g/mol. The fraction of sp³-hybridized carbons (Fsp3) is 0.344. The van der Waals surface area contributed by atoms with Gasteiger partial charge in [0, 0.05) is 16.8 Å². The highest BCUT2D eigenvalue weighted by Gasteiger charge is 2.64. The molecule has 0 aromatic heterocycles. The molecule has 0 bridgehead atoms. The Balaban J connectivity index is 1.50. The van der Waals surface area contributed by atoms with Gasteiger partial charge in [-0.2, -0.15) is 0 Å². The summed E-state index contributed by atoms with van der Waals surface area (Å²) in [6, 6.07) is 15.9. The molecule has 42 heavy (non-hydrogen) atoms. The molecule has 3 aliphatic rings. The van der Waals surface area contributed by atoms with Gasteiger partial charge in [-0.25, -0.2) is 4.79 Å². The molecule has 0 saturated carbocycles. The van der Waals surface area contributed by atoms with Gasteiger partial charge in [0.15, 0.2) is 11.5 Å². The highest BCUT2D eigenvalue weighted by Crippen LogP contribution is 2.62. The molecule has 1 spiro atoms. The Labute approximate surface area is 248 Å². The number of hydrogen-bond donors (Lipinski definition) is 0. The SMILES string of the molecule is COc1cc(C(=O)Oc2cc3c4c(c2)[C@]2(SCC(=O)N2c2ccccc2)C(=O)N4C(C)(C)C[C@H]3C)cc(OC)c1OC. The van der Waals surface area contributed by atoms with Crippen LogP contribution in [0.5, 0.6) is 23.0 Å². The van der Waals surface area contributed by atoms with Crippen molar-refractivity contribution in [3.63, 3.8) is 0 Å². The summed E-state index contributed by atoms with van der Waals surface area (Å²) in [7, 11) is 4.44. The van der Waals surface area contributed by atoms with Crippen LogP contribution in [0.1, 0.15) is 54.6 Å². The van der Waals surface area contributed by atoms with Crippen molar-refractivity contribution in [3.8, 4) is 23.0 Å². The molecule has 3 aromatic carbocycles. The number of thioether (sulfide) groups is 1. The van der Waals surface area contributed by atoms with Gasteiger partial charge in [0.25, 0.3) is 5.91 Å². The molecule has 2 amide bonds. The summed E-state index contributed by atoms with van der Waals surface area (Å²) in [4.78, 5) is 43.7. The van der Waals surface area contributed by atoms with Crippen molar-refractivity contribution in [1.82, 2.24) is 0 Å². The summed E-state index contributed by atoms with van der Waals surface area (Å²) in [5.41, 5.74) is 2.70. The smallest absolute Gasteiger partial charge is 0.343 e. The molecular weight excluding hydrogens is 556 g/mol. The fourth-order valence-electron chi connectivity index (χ4n) is 6.56. The molecule has 1 fully saturated rings. The summed E-state index contributed by atoms with van der Waals surface area (Å²) in [6.45, 7) is 6.22. The number of carbonyl (C=O) groups excluding carboxylic acids is 3. The summed E-state index contributed by atoms with van der Waals surface area (Å²) in [5, 5.41) is 0. The van der Waals surface area contributed by atoms with E-state index in [1.165, 1.54) is 45.2 Å². The Morgan fingerprint density at radius 3 is 2.21 bits per heavy atom. The van der Waals surface area contributed by atoms with Crippen molar-refractivity contribution < 1.29 is 33.3 Å². The minimum Gasteiger partial charge on any atom is -0.493 e. The molecule has 2 atom stereocenters. The normalized spacial score (nSPS) is 21.9. The van der Waals surface area contributed by atoms with Gasteiger partial charge in [-0.3, -0.25) is 14.5 Å². The van der Waals surface area contributed by atoms with Gasteiger partial charge in [0.05, 0.1) is 38.3 Å². The zero-order valence-corrected chi connectivity index (χ0v) is 25.2. The minimum absolute atomic E-state index is 0.0695. The summed E-state index contributed by atoms with van der Waals surface area (Å²) < 4.78 is 22.2. The summed E-state index contributed by atoms with van der Waals surface area (Å²) >= 11 is 1.31. The number of rotatable bonds is 6. The van der Waals surface area contributed by atoms with Crippen LogP contribution in [0.25, 0.3) is 0 Å². The van der Waals surface area contributed by atoms with Crippen molar-refractivity contribution in [2.24, 2.45) is 0 Å². The van der Waals surface area contributed by atoms with Crippen LogP contribution in [0.4, 0.5) is 11.4 Å². The Morgan fingerprint density at radius 1 is 0.929 bits per heavy atom. The maximum atomic E-state index is 14.6. The van der Waals surface area contributed by atoms with E-state index in [2.05, 4.69) is 20.8 Å². The molecule has 3 heterocycles. The molecular formula is C32H32N2O7S. The topological polar surface area (TPSA) is 94.6 Å². The number of benzene rings is 3. The molecule has 0 aliphatic carbocycles. The second kappa shape index (κ2) is 9.97. The van der Waals surface area contributed by atoms with E-state index >= 15 is 0 Å². The van der Waals surface area contributed by atoms with E-state index in [1.54, 1.807) is 11.0 Å². The van der Waals surface area contributed by atoms with Gasteiger partial charge < -0.3 is 23.8 Å². The van der Waals surface area contributed by atoms with Crippen LogP contribution in [0.3, 0.4) is 0 Å². The Bertz CT molecular complexity index is 1600. The number of ether oxygens (including phenoxy) is 4. The van der Waals surface area contributed by atoms with Gasteiger partial charge in [-0.15, -0.1) is 11.8 Å². The van der Waals surface area contributed by atoms with E-state index < -0.39 is 16.4 Å². The van der Waals surface area contributed by atoms with Gasteiger partial charge >= 0.3 is 5.97 Å². The molecule has 218 valence electrons. The average molecular weight is 589 g/mol. The molecule has 10 heteroatoms. The van der Waals surface area contributed by atoms with E-state index in [9.17, 15) is 14.4 Å². The van der Waals surface area contributed by atoms with E-state index in [4.69, 9.17) is 18.9 Å². The third-order valence-electron chi connectivity index (χ3n) is 8.23. The third kappa shape index (κ3) is 3.95. The second-order valence-corrected chi connectivity index (χ2v) is 12.4. The summed E-state index contributed by atoms with van der Waals surface area (Å²) in [6.07, 6.45) is 0.704. The van der Waals surface area contributed by atoms with Crippen molar-refractivity contribution in [3.05, 3.63) is 71.3 Å². The number of anilines is 2. The average Bonchev–Trinajstić information content (AvgIpc) is 3.45. The molecule has 0 unspecified atom stereocenters. The van der Waals surface area contributed by atoms with E-state index in [-0.39, 0.29) is 34.8 Å². The molecule has 0 N–H and O–H groups in total. The molecule has 0 radical (unpaired) electrons. The van der Waals surface area contributed by atoms with Crippen molar-refractivity contribution in [2.45, 2.75) is 43.5 Å². The highest BCUT2D eigenvalue weighted by atomic mass is 32.2. The fourth-order valence-corrected chi connectivity index (χ4v) is 7.89. The van der Waals surface area contributed by atoms with E-state index in [1.807, 2.05) is 41.3 Å². The first-order chi connectivity index (χ1) is 20.1. The molecule has 6 rings (SSSR count). The maximum Gasteiger partial charge on any atom is 0.343 e. The van der Waals surface area contributed by atoms with Crippen LogP contribution < -0.4 is 28.7 Å². The van der Waals surface area contributed by atoms with Crippen LogP contribution in [0.2, 0.25) is 0 Å². The van der Waals surface area contributed by atoms with Crippen LogP contribution in [-0.2, 0) is 14.5 Å². The molecule has 3 aliphatic heterocycles. The maximum absolute atomic E-state index is 14.6. The zero-order chi connectivity index (χ0) is 30.0. The van der Waals surface area contributed by atoms with Gasteiger partial charge in [0.1, 0.15) is 5.75 Å². The number of nitrogens with zero attached hydrogens (tertiary/aromatic N) is 2. The van der Waals surface area contributed by atoms with Gasteiger partial charge in [-0.05, 0) is 68.1 Å². The first-order valence-electron chi connectivity index (χ1n) is 13.6. The molecule has 9 nitrogen and oxygen atoms in total. The lowest BCUT2D eigenvalue weighted by Crippen LogP contribution is -2.56. The lowest BCUT2D eigenvalue weighted by Gasteiger charge is -2.44.